The maximum atomic E-state index is 11.9. The summed E-state index contributed by atoms with van der Waals surface area (Å²) >= 11 is 0. The third-order valence-corrected chi connectivity index (χ3v) is 3.69. The van der Waals surface area contributed by atoms with Crippen LogP contribution in [0, 0.1) is 0 Å². The van der Waals surface area contributed by atoms with Crippen LogP contribution in [-0.4, -0.2) is 13.1 Å². The van der Waals surface area contributed by atoms with E-state index in [1.54, 1.807) is 43.4 Å². The average molecular weight is 336 g/mol. The van der Waals surface area contributed by atoms with Crippen LogP contribution in [0.1, 0.15) is 6.42 Å². The Kier molecular flexibility index (Phi) is 4.89. The summed E-state index contributed by atoms with van der Waals surface area (Å²) in [4.78, 5) is 11.9. The Morgan fingerprint density at radius 1 is 1.08 bits per heavy atom. The number of anilines is 3. The first kappa shape index (κ1) is 16.4. The first-order valence-electron chi connectivity index (χ1n) is 7.93. The number of benzene rings is 2. The highest BCUT2D eigenvalue weighted by atomic mass is 16.5. The van der Waals surface area contributed by atoms with E-state index in [2.05, 4.69) is 16.0 Å². The van der Waals surface area contributed by atoms with Gasteiger partial charge in [0.15, 0.2) is 0 Å². The Balaban J connectivity index is 1.59. The summed E-state index contributed by atoms with van der Waals surface area (Å²) in [6, 6.07) is 12.3. The fraction of sp³-hybridized carbons (Fsp3) is 0.105. The van der Waals surface area contributed by atoms with Crippen molar-refractivity contribution in [1.82, 2.24) is 5.32 Å². The van der Waals surface area contributed by atoms with Gasteiger partial charge < -0.3 is 26.4 Å². The zero-order valence-electron chi connectivity index (χ0n) is 13.9. The highest BCUT2D eigenvalue weighted by molar-refractivity contribution is 5.90. The monoisotopic (exact) mass is 336 g/mol. The number of nitrogens with one attached hydrogen (secondary N) is 3. The molecular weight excluding hydrogens is 316 g/mol. The van der Waals surface area contributed by atoms with Crippen molar-refractivity contribution in [3.8, 4) is 11.5 Å². The third kappa shape index (κ3) is 4.32. The molecule has 6 nitrogen and oxygen atoms in total. The van der Waals surface area contributed by atoms with Gasteiger partial charge in [-0.05, 0) is 42.5 Å². The average Bonchev–Trinajstić information content (AvgIpc) is 3.11. The molecule has 0 heterocycles. The Hall–Kier alpha value is -3.41. The van der Waals surface area contributed by atoms with Crippen molar-refractivity contribution < 1.29 is 9.53 Å². The number of carbonyl (C=O) groups excluding carboxylic acids is 1. The molecule has 6 heteroatoms. The van der Waals surface area contributed by atoms with E-state index in [-0.39, 0.29) is 6.03 Å². The maximum absolute atomic E-state index is 11.9. The second-order valence-electron chi connectivity index (χ2n) is 5.53. The molecule has 0 saturated carbocycles. The number of nitrogen functional groups attached to an aromatic ring is 1. The molecule has 2 aromatic rings. The lowest BCUT2D eigenvalue weighted by molar-refractivity contribution is 0.254. The Bertz CT molecular complexity index is 826. The van der Waals surface area contributed by atoms with Crippen molar-refractivity contribution in [3.05, 3.63) is 66.4 Å². The van der Waals surface area contributed by atoms with Crippen LogP contribution in [0.5, 0.6) is 11.5 Å². The van der Waals surface area contributed by atoms with Crippen LogP contribution in [0.15, 0.2) is 66.4 Å². The molecule has 0 saturated heterocycles. The summed E-state index contributed by atoms with van der Waals surface area (Å²) in [5.41, 5.74) is 8.88. The number of urea groups is 1. The molecule has 0 bridgehead atoms. The smallest absolute Gasteiger partial charge is 0.323 e. The normalized spacial score (nSPS) is 12.4. The summed E-state index contributed by atoms with van der Waals surface area (Å²) in [5, 5.41) is 8.60. The molecule has 25 heavy (non-hydrogen) atoms. The van der Waals surface area contributed by atoms with Gasteiger partial charge in [0.25, 0.3) is 0 Å². The van der Waals surface area contributed by atoms with Gasteiger partial charge >= 0.3 is 6.03 Å². The van der Waals surface area contributed by atoms with Gasteiger partial charge in [-0.15, -0.1) is 0 Å². The fourth-order valence-corrected chi connectivity index (χ4v) is 2.41. The van der Waals surface area contributed by atoms with Gasteiger partial charge in [0.2, 0.25) is 0 Å². The lowest BCUT2D eigenvalue weighted by atomic mass is 10.2. The van der Waals surface area contributed by atoms with E-state index in [1.807, 2.05) is 24.3 Å². The molecule has 5 N–H and O–H groups in total. The predicted molar refractivity (Wildman–Crippen MR) is 101 cm³/mol. The van der Waals surface area contributed by atoms with E-state index in [1.165, 1.54) is 0 Å². The zero-order chi connectivity index (χ0) is 17.6. The molecule has 0 aliphatic heterocycles. The Labute approximate surface area is 146 Å². The number of carbonyl (C=O) groups is 1. The number of hydrogen-bond acceptors (Lipinski definition) is 4. The SMILES string of the molecule is CNc1cc(Oc2ccc(NC(=O)NC3=CC=CC3)cc2)ccc1N. The van der Waals surface area contributed by atoms with Crippen LogP contribution in [0.2, 0.25) is 0 Å². The second-order valence-corrected chi connectivity index (χ2v) is 5.53. The van der Waals surface area contributed by atoms with Gasteiger partial charge in [0.1, 0.15) is 11.5 Å². The molecule has 3 rings (SSSR count). The van der Waals surface area contributed by atoms with Crippen LogP contribution < -0.4 is 26.4 Å². The molecule has 0 unspecified atom stereocenters. The number of hydrogen-bond donors (Lipinski definition) is 4. The standard InChI is InChI=1S/C19H20N4O2/c1-21-18-12-16(10-11-17(18)20)25-15-8-6-14(7-9-15)23-19(24)22-13-4-2-3-5-13/h2-4,6-12,21H,5,20H2,1H3,(H2,22,23,24). The van der Waals surface area contributed by atoms with Gasteiger partial charge in [-0.1, -0.05) is 12.2 Å². The topological polar surface area (TPSA) is 88.4 Å². The molecule has 2 amide bonds. The fourth-order valence-electron chi connectivity index (χ4n) is 2.41. The minimum absolute atomic E-state index is 0.263. The van der Waals surface area contributed by atoms with Gasteiger partial charge in [-0.2, -0.15) is 0 Å². The van der Waals surface area contributed by atoms with Crippen molar-refractivity contribution >= 4 is 23.1 Å². The molecule has 1 aliphatic rings. The van der Waals surface area contributed by atoms with E-state index in [4.69, 9.17) is 10.5 Å². The molecule has 1 aliphatic carbocycles. The third-order valence-electron chi connectivity index (χ3n) is 3.69. The van der Waals surface area contributed by atoms with Crippen LogP contribution >= 0.6 is 0 Å². The van der Waals surface area contributed by atoms with Gasteiger partial charge in [-0.25, -0.2) is 4.79 Å². The minimum Gasteiger partial charge on any atom is -0.457 e. The lowest BCUT2D eigenvalue weighted by Crippen LogP contribution is -2.27. The molecular formula is C19H20N4O2. The summed E-state index contributed by atoms with van der Waals surface area (Å²) in [7, 11) is 1.80. The number of amides is 2. The first-order valence-corrected chi connectivity index (χ1v) is 7.93. The van der Waals surface area contributed by atoms with E-state index in [9.17, 15) is 4.79 Å². The second kappa shape index (κ2) is 7.44. The van der Waals surface area contributed by atoms with E-state index in [0.717, 1.165) is 17.8 Å². The van der Waals surface area contributed by atoms with Crippen LogP contribution in [-0.2, 0) is 0 Å². The molecule has 0 atom stereocenters. The molecule has 0 spiro atoms. The zero-order valence-corrected chi connectivity index (χ0v) is 13.9. The summed E-state index contributed by atoms with van der Waals surface area (Å²) in [6.45, 7) is 0. The maximum Gasteiger partial charge on any atom is 0.323 e. The van der Waals surface area contributed by atoms with Crippen molar-refractivity contribution in [2.45, 2.75) is 6.42 Å². The number of allylic oxidation sites excluding steroid dienone is 3. The van der Waals surface area contributed by atoms with E-state index >= 15 is 0 Å². The molecule has 128 valence electrons. The minimum atomic E-state index is -0.263. The van der Waals surface area contributed by atoms with Crippen LogP contribution in [0.25, 0.3) is 0 Å². The largest absolute Gasteiger partial charge is 0.457 e. The van der Waals surface area contributed by atoms with Gasteiger partial charge in [0, 0.05) is 30.9 Å². The van der Waals surface area contributed by atoms with Gasteiger partial charge in [0.05, 0.1) is 11.4 Å². The van der Waals surface area contributed by atoms with E-state index < -0.39 is 0 Å². The van der Waals surface area contributed by atoms with Crippen molar-refractivity contribution in [3.63, 3.8) is 0 Å². The Morgan fingerprint density at radius 2 is 1.84 bits per heavy atom. The summed E-state index contributed by atoms with van der Waals surface area (Å²) < 4.78 is 5.80. The number of ether oxygens (including phenoxy) is 1. The van der Waals surface area contributed by atoms with Gasteiger partial charge in [-0.3, -0.25) is 0 Å². The summed E-state index contributed by atoms with van der Waals surface area (Å²) in [6.07, 6.45) is 6.52. The number of nitrogens with two attached hydrogens (primary N) is 1. The Morgan fingerprint density at radius 3 is 2.52 bits per heavy atom. The quantitative estimate of drug-likeness (QED) is 0.620. The number of rotatable bonds is 5. The van der Waals surface area contributed by atoms with E-state index in [0.29, 0.717) is 22.9 Å². The summed E-state index contributed by atoms with van der Waals surface area (Å²) in [5.74, 6) is 1.35. The van der Waals surface area contributed by atoms with Crippen LogP contribution in [0.3, 0.4) is 0 Å². The van der Waals surface area contributed by atoms with Crippen molar-refractivity contribution in [2.75, 3.05) is 23.4 Å². The van der Waals surface area contributed by atoms with Crippen molar-refractivity contribution in [1.29, 1.82) is 0 Å². The molecule has 0 aromatic heterocycles. The highest BCUT2D eigenvalue weighted by Gasteiger charge is 2.06. The first-order chi connectivity index (χ1) is 12.1. The molecule has 0 radical (unpaired) electrons. The van der Waals surface area contributed by atoms with Crippen LogP contribution in [0.4, 0.5) is 21.9 Å². The molecule has 0 fully saturated rings. The van der Waals surface area contributed by atoms with Crippen molar-refractivity contribution in [2.24, 2.45) is 0 Å². The molecule has 2 aromatic carbocycles. The predicted octanol–water partition coefficient (Wildman–Crippen LogP) is 4.07. The highest BCUT2D eigenvalue weighted by Crippen LogP contribution is 2.28. The lowest BCUT2D eigenvalue weighted by Gasteiger charge is -2.11.